The first kappa shape index (κ1) is 14.0. The Balaban J connectivity index is 1.94. The minimum absolute atomic E-state index is 0.121. The Labute approximate surface area is 117 Å². The van der Waals surface area contributed by atoms with Gasteiger partial charge in [0.2, 0.25) is 0 Å². The predicted molar refractivity (Wildman–Crippen MR) is 74.6 cm³/mol. The van der Waals surface area contributed by atoms with Gasteiger partial charge in [0.05, 0.1) is 0 Å². The molecule has 5 heteroatoms. The van der Waals surface area contributed by atoms with Gasteiger partial charge in [-0.05, 0) is 37.5 Å². The fourth-order valence-corrected chi connectivity index (χ4v) is 2.31. The van der Waals surface area contributed by atoms with Crippen molar-refractivity contribution >= 4 is 11.6 Å². The summed E-state index contributed by atoms with van der Waals surface area (Å²) in [6, 6.07) is 6.54. The summed E-state index contributed by atoms with van der Waals surface area (Å²) in [5, 5.41) is 4.54. The van der Waals surface area contributed by atoms with E-state index in [1.165, 1.54) is 6.07 Å². The molecule has 2 rings (SSSR count). The number of halogens is 2. The Hall–Kier alpha value is -1.39. The highest BCUT2D eigenvalue weighted by atomic mass is 35.5. The highest BCUT2D eigenvalue weighted by Gasteiger charge is 2.12. The molecule has 19 heavy (non-hydrogen) atoms. The minimum atomic E-state index is -0.288. The summed E-state index contributed by atoms with van der Waals surface area (Å²) in [4.78, 5) is 0. The third-order valence-corrected chi connectivity index (χ3v) is 3.58. The summed E-state index contributed by atoms with van der Waals surface area (Å²) < 4.78 is 15.5. The van der Waals surface area contributed by atoms with E-state index in [1.807, 2.05) is 17.8 Å². The molecule has 1 atom stereocenters. The number of hydrogen-bond acceptors (Lipinski definition) is 2. The minimum Gasteiger partial charge on any atom is -0.327 e. The molecule has 0 fully saturated rings. The molecule has 0 radical (unpaired) electrons. The maximum atomic E-state index is 13.6. The lowest BCUT2D eigenvalue weighted by Crippen LogP contribution is -2.24. The van der Waals surface area contributed by atoms with Crippen LogP contribution in [0.2, 0.25) is 5.02 Å². The van der Waals surface area contributed by atoms with Crippen LogP contribution in [0.25, 0.3) is 0 Å². The lowest BCUT2D eigenvalue weighted by atomic mass is 10.0. The Bertz CT molecular complexity index is 533. The van der Waals surface area contributed by atoms with E-state index in [-0.39, 0.29) is 11.9 Å². The van der Waals surface area contributed by atoms with Crippen molar-refractivity contribution in [3.63, 3.8) is 0 Å². The molecule has 1 aromatic heterocycles. The zero-order valence-electron chi connectivity index (χ0n) is 10.8. The Morgan fingerprint density at radius 2 is 2.21 bits per heavy atom. The van der Waals surface area contributed by atoms with Crippen molar-refractivity contribution in [2.75, 3.05) is 0 Å². The smallest absolute Gasteiger partial charge is 0.127 e. The van der Waals surface area contributed by atoms with Gasteiger partial charge in [0.15, 0.2) is 0 Å². The number of rotatable bonds is 5. The molecule has 0 aliphatic heterocycles. The first-order valence-electron chi connectivity index (χ1n) is 6.23. The standard InChI is InChI=1S/C14H17ClFN3/c1-19-11(7-8-18-19)6-5-10(17)9-12-13(15)3-2-4-14(12)16/h2-4,7-8,10H,5-6,9,17H2,1H3. The van der Waals surface area contributed by atoms with E-state index < -0.39 is 0 Å². The molecule has 102 valence electrons. The normalized spacial score (nSPS) is 12.6. The number of aromatic nitrogens is 2. The number of benzene rings is 1. The van der Waals surface area contributed by atoms with E-state index in [0.717, 1.165) is 18.5 Å². The van der Waals surface area contributed by atoms with E-state index in [1.54, 1.807) is 18.3 Å². The SMILES string of the molecule is Cn1nccc1CCC(N)Cc1c(F)cccc1Cl. The monoisotopic (exact) mass is 281 g/mol. The molecule has 1 aromatic carbocycles. The van der Waals surface area contributed by atoms with Crippen molar-refractivity contribution in [2.45, 2.75) is 25.3 Å². The second kappa shape index (κ2) is 6.17. The quantitative estimate of drug-likeness (QED) is 0.916. The van der Waals surface area contributed by atoms with Crippen LogP contribution in [0.1, 0.15) is 17.7 Å². The van der Waals surface area contributed by atoms with Crippen LogP contribution in [-0.4, -0.2) is 15.8 Å². The van der Waals surface area contributed by atoms with Crippen molar-refractivity contribution in [3.05, 3.63) is 52.6 Å². The maximum absolute atomic E-state index is 13.6. The van der Waals surface area contributed by atoms with Crippen LogP contribution in [0.3, 0.4) is 0 Å². The first-order chi connectivity index (χ1) is 9.08. The Kier molecular flexibility index (Phi) is 4.56. The van der Waals surface area contributed by atoms with Crippen LogP contribution in [-0.2, 0) is 19.9 Å². The number of nitrogens with zero attached hydrogens (tertiary/aromatic N) is 2. The third-order valence-electron chi connectivity index (χ3n) is 3.22. The van der Waals surface area contributed by atoms with Gasteiger partial charge in [-0.3, -0.25) is 4.68 Å². The summed E-state index contributed by atoms with van der Waals surface area (Å²) in [7, 11) is 1.90. The van der Waals surface area contributed by atoms with Gasteiger partial charge in [-0.25, -0.2) is 4.39 Å². The molecule has 2 aromatic rings. The van der Waals surface area contributed by atoms with E-state index in [9.17, 15) is 4.39 Å². The van der Waals surface area contributed by atoms with E-state index >= 15 is 0 Å². The zero-order valence-corrected chi connectivity index (χ0v) is 11.6. The predicted octanol–water partition coefficient (Wildman–Crippen LogP) is 2.72. The molecule has 2 N–H and O–H groups in total. The van der Waals surface area contributed by atoms with Crippen LogP contribution in [0.5, 0.6) is 0 Å². The molecule has 3 nitrogen and oxygen atoms in total. The molecule has 0 saturated heterocycles. The molecule has 0 spiro atoms. The van der Waals surface area contributed by atoms with E-state index in [2.05, 4.69) is 5.10 Å². The van der Waals surface area contributed by atoms with Crippen LogP contribution in [0.15, 0.2) is 30.5 Å². The van der Waals surface area contributed by atoms with Crippen molar-refractivity contribution in [1.29, 1.82) is 0 Å². The molecular formula is C14H17ClFN3. The third kappa shape index (κ3) is 3.55. The Morgan fingerprint density at radius 1 is 1.42 bits per heavy atom. The van der Waals surface area contributed by atoms with E-state index in [0.29, 0.717) is 17.0 Å². The van der Waals surface area contributed by atoms with Gasteiger partial charge >= 0.3 is 0 Å². The topological polar surface area (TPSA) is 43.8 Å². The van der Waals surface area contributed by atoms with Gasteiger partial charge < -0.3 is 5.73 Å². The Morgan fingerprint density at radius 3 is 2.84 bits per heavy atom. The van der Waals surface area contributed by atoms with Crippen molar-refractivity contribution in [2.24, 2.45) is 12.8 Å². The van der Waals surface area contributed by atoms with Gasteiger partial charge in [-0.1, -0.05) is 17.7 Å². The first-order valence-corrected chi connectivity index (χ1v) is 6.61. The molecule has 0 aliphatic carbocycles. The fourth-order valence-electron chi connectivity index (χ4n) is 2.07. The molecule has 0 saturated carbocycles. The number of hydrogen-bond donors (Lipinski definition) is 1. The average Bonchev–Trinajstić information content (AvgIpc) is 2.77. The largest absolute Gasteiger partial charge is 0.327 e. The van der Waals surface area contributed by atoms with Gasteiger partial charge in [0.1, 0.15) is 5.82 Å². The number of nitrogens with two attached hydrogens (primary N) is 1. The highest BCUT2D eigenvalue weighted by Crippen LogP contribution is 2.21. The molecular weight excluding hydrogens is 265 g/mol. The zero-order chi connectivity index (χ0) is 13.8. The second-order valence-corrected chi connectivity index (χ2v) is 5.06. The van der Waals surface area contributed by atoms with Gasteiger partial charge in [-0.15, -0.1) is 0 Å². The van der Waals surface area contributed by atoms with Gasteiger partial charge in [0, 0.05) is 35.6 Å². The molecule has 0 amide bonds. The van der Waals surface area contributed by atoms with Crippen LogP contribution in [0, 0.1) is 5.82 Å². The van der Waals surface area contributed by atoms with Crippen LogP contribution in [0.4, 0.5) is 4.39 Å². The lowest BCUT2D eigenvalue weighted by Gasteiger charge is -2.13. The number of aryl methyl sites for hydroxylation is 2. The maximum Gasteiger partial charge on any atom is 0.127 e. The summed E-state index contributed by atoms with van der Waals surface area (Å²) in [6.45, 7) is 0. The summed E-state index contributed by atoms with van der Waals surface area (Å²) in [5.41, 5.74) is 7.68. The van der Waals surface area contributed by atoms with Crippen molar-refractivity contribution in [1.82, 2.24) is 9.78 Å². The molecule has 1 unspecified atom stereocenters. The molecule has 0 aliphatic rings. The fraction of sp³-hybridized carbons (Fsp3) is 0.357. The van der Waals surface area contributed by atoms with Crippen molar-refractivity contribution in [3.8, 4) is 0 Å². The second-order valence-electron chi connectivity index (χ2n) is 4.65. The van der Waals surface area contributed by atoms with Crippen LogP contribution >= 0.6 is 11.6 Å². The van der Waals surface area contributed by atoms with Gasteiger partial charge in [-0.2, -0.15) is 5.10 Å². The van der Waals surface area contributed by atoms with E-state index in [4.69, 9.17) is 17.3 Å². The average molecular weight is 282 g/mol. The summed E-state index contributed by atoms with van der Waals surface area (Å²) in [5.74, 6) is -0.288. The van der Waals surface area contributed by atoms with Crippen LogP contribution < -0.4 is 5.73 Å². The lowest BCUT2D eigenvalue weighted by molar-refractivity contribution is 0.557. The van der Waals surface area contributed by atoms with Crippen molar-refractivity contribution < 1.29 is 4.39 Å². The summed E-state index contributed by atoms with van der Waals surface area (Å²) >= 11 is 5.99. The van der Waals surface area contributed by atoms with Gasteiger partial charge in [0.25, 0.3) is 0 Å². The molecule has 1 heterocycles. The summed E-state index contributed by atoms with van der Waals surface area (Å²) in [6.07, 6.45) is 3.80. The molecule has 0 bridgehead atoms. The highest BCUT2D eigenvalue weighted by molar-refractivity contribution is 6.31.